The Bertz CT molecular complexity index is 454. The minimum Gasteiger partial charge on any atom is -0.478 e. The summed E-state index contributed by atoms with van der Waals surface area (Å²) in [5.74, 6) is -3.13. The highest BCUT2D eigenvalue weighted by Crippen LogP contribution is 2.23. The van der Waals surface area contributed by atoms with Gasteiger partial charge in [0, 0.05) is 6.61 Å². The predicted octanol–water partition coefficient (Wildman–Crippen LogP) is 3.14. The molecule has 0 saturated carbocycles. The molecule has 20 heavy (non-hydrogen) atoms. The maximum absolute atomic E-state index is 13.8. The molecule has 0 aliphatic heterocycles. The van der Waals surface area contributed by atoms with E-state index in [1.807, 2.05) is 20.8 Å². The summed E-state index contributed by atoms with van der Waals surface area (Å²) in [6.45, 7) is 6.46. The molecule has 0 bridgehead atoms. The van der Waals surface area contributed by atoms with Gasteiger partial charge in [-0.3, -0.25) is 0 Å². The van der Waals surface area contributed by atoms with Gasteiger partial charge in [0.2, 0.25) is 0 Å². The molecule has 0 amide bonds. The second kappa shape index (κ2) is 7.19. The van der Waals surface area contributed by atoms with Gasteiger partial charge in [0.25, 0.3) is 0 Å². The summed E-state index contributed by atoms with van der Waals surface area (Å²) in [7, 11) is 0. The monoisotopic (exact) mass is 287 g/mol. The van der Waals surface area contributed by atoms with Crippen LogP contribution in [0.4, 0.5) is 14.5 Å². The summed E-state index contributed by atoms with van der Waals surface area (Å²) in [6.07, 6.45) is 0. The first-order valence-electron chi connectivity index (χ1n) is 6.43. The van der Waals surface area contributed by atoms with Crippen molar-refractivity contribution in [1.29, 1.82) is 0 Å². The summed E-state index contributed by atoms with van der Waals surface area (Å²) in [5, 5.41) is 11.5. The molecule has 0 saturated heterocycles. The normalized spacial score (nSPS) is 12.5. The zero-order chi connectivity index (χ0) is 15.3. The molecular formula is C14H19F2NO3. The maximum atomic E-state index is 13.8. The lowest BCUT2D eigenvalue weighted by atomic mass is 10.0. The highest BCUT2D eigenvalue weighted by Gasteiger charge is 2.20. The van der Waals surface area contributed by atoms with E-state index in [9.17, 15) is 13.6 Å². The molecule has 0 aliphatic rings. The summed E-state index contributed by atoms with van der Waals surface area (Å²) in [5.41, 5.74) is -0.746. The van der Waals surface area contributed by atoms with Crippen molar-refractivity contribution in [2.24, 2.45) is 5.92 Å². The molecule has 6 heteroatoms. The highest BCUT2D eigenvalue weighted by atomic mass is 19.1. The molecule has 1 unspecified atom stereocenters. The Labute approximate surface area is 116 Å². The van der Waals surface area contributed by atoms with Crippen molar-refractivity contribution in [3.63, 3.8) is 0 Å². The Morgan fingerprint density at radius 3 is 2.30 bits per heavy atom. The van der Waals surface area contributed by atoms with Gasteiger partial charge < -0.3 is 15.2 Å². The topological polar surface area (TPSA) is 58.6 Å². The Morgan fingerprint density at radius 2 is 1.90 bits per heavy atom. The molecular weight excluding hydrogens is 268 g/mol. The fraction of sp³-hybridized carbons (Fsp3) is 0.500. The van der Waals surface area contributed by atoms with Crippen LogP contribution in [-0.4, -0.2) is 30.3 Å². The van der Waals surface area contributed by atoms with Gasteiger partial charge in [0.15, 0.2) is 0 Å². The highest BCUT2D eigenvalue weighted by molar-refractivity contribution is 5.88. The number of aromatic carboxylic acids is 1. The van der Waals surface area contributed by atoms with Gasteiger partial charge in [-0.2, -0.15) is 0 Å². The third-order valence-electron chi connectivity index (χ3n) is 2.93. The van der Waals surface area contributed by atoms with Crippen molar-refractivity contribution >= 4 is 11.7 Å². The van der Waals surface area contributed by atoms with E-state index in [1.54, 1.807) is 0 Å². The smallest absolute Gasteiger partial charge is 0.335 e. The number of halogens is 2. The van der Waals surface area contributed by atoms with Crippen molar-refractivity contribution in [3.8, 4) is 0 Å². The molecule has 112 valence electrons. The first kappa shape index (κ1) is 16.4. The van der Waals surface area contributed by atoms with Crippen LogP contribution in [-0.2, 0) is 4.74 Å². The zero-order valence-corrected chi connectivity index (χ0v) is 11.7. The number of carbonyl (C=O) groups is 1. The van der Waals surface area contributed by atoms with Crippen molar-refractivity contribution in [1.82, 2.24) is 0 Å². The molecule has 1 aromatic carbocycles. The quantitative estimate of drug-likeness (QED) is 0.809. The fourth-order valence-corrected chi connectivity index (χ4v) is 1.67. The lowest BCUT2D eigenvalue weighted by Gasteiger charge is -2.24. The van der Waals surface area contributed by atoms with Gasteiger partial charge in [-0.05, 0) is 25.0 Å². The number of anilines is 1. The summed E-state index contributed by atoms with van der Waals surface area (Å²) >= 11 is 0. The lowest BCUT2D eigenvalue weighted by Crippen LogP contribution is -2.31. The molecule has 0 spiro atoms. The second-order valence-electron chi connectivity index (χ2n) is 4.77. The van der Waals surface area contributed by atoms with E-state index < -0.39 is 23.2 Å². The number of carboxylic acid groups (broad SMARTS) is 1. The zero-order valence-electron chi connectivity index (χ0n) is 11.7. The Kier molecular flexibility index (Phi) is 5.88. The number of nitrogens with one attached hydrogen (secondary N) is 1. The number of carboxylic acids is 1. The van der Waals surface area contributed by atoms with Crippen molar-refractivity contribution in [3.05, 3.63) is 29.3 Å². The Hall–Kier alpha value is -1.69. The van der Waals surface area contributed by atoms with Crippen LogP contribution in [0.3, 0.4) is 0 Å². The van der Waals surface area contributed by atoms with Crippen LogP contribution in [0.15, 0.2) is 12.1 Å². The van der Waals surface area contributed by atoms with Gasteiger partial charge in [-0.1, -0.05) is 13.8 Å². The molecule has 0 heterocycles. The van der Waals surface area contributed by atoms with Crippen LogP contribution in [0, 0.1) is 17.6 Å². The molecule has 4 nitrogen and oxygen atoms in total. The van der Waals surface area contributed by atoms with Crippen LogP contribution in [0.2, 0.25) is 0 Å². The number of ether oxygens (including phenoxy) is 1. The van der Waals surface area contributed by atoms with E-state index >= 15 is 0 Å². The van der Waals surface area contributed by atoms with Gasteiger partial charge in [-0.15, -0.1) is 0 Å². The van der Waals surface area contributed by atoms with Gasteiger partial charge in [0.05, 0.1) is 18.2 Å². The van der Waals surface area contributed by atoms with Crippen molar-refractivity contribution in [2.75, 3.05) is 18.5 Å². The number of hydrogen-bond donors (Lipinski definition) is 2. The van der Waals surface area contributed by atoms with Crippen LogP contribution in [0.1, 0.15) is 31.1 Å². The Morgan fingerprint density at radius 1 is 1.35 bits per heavy atom. The summed E-state index contributed by atoms with van der Waals surface area (Å²) in [4.78, 5) is 10.7. The predicted molar refractivity (Wildman–Crippen MR) is 72.1 cm³/mol. The molecule has 1 aromatic rings. The van der Waals surface area contributed by atoms with Gasteiger partial charge in [0.1, 0.15) is 17.3 Å². The molecule has 0 aromatic heterocycles. The van der Waals surface area contributed by atoms with E-state index in [0.717, 1.165) is 12.1 Å². The number of benzene rings is 1. The summed E-state index contributed by atoms with van der Waals surface area (Å²) in [6, 6.07) is 1.33. The standard InChI is InChI=1S/C14H19F2NO3/c1-4-20-7-12(8(2)3)17-13-10(15)5-9(14(18)19)6-11(13)16/h5-6,8,12,17H,4,7H2,1-3H3,(H,18,19). The van der Waals surface area contributed by atoms with Crippen molar-refractivity contribution in [2.45, 2.75) is 26.8 Å². The maximum Gasteiger partial charge on any atom is 0.335 e. The average Bonchev–Trinajstić information content (AvgIpc) is 2.36. The number of hydrogen-bond acceptors (Lipinski definition) is 3. The van der Waals surface area contributed by atoms with Gasteiger partial charge in [-0.25, -0.2) is 13.6 Å². The number of rotatable bonds is 7. The van der Waals surface area contributed by atoms with Crippen LogP contribution >= 0.6 is 0 Å². The third-order valence-corrected chi connectivity index (χ3v) is 2.93. The van der Waals surface area contributed by atoms with E-state index in [4.69, 9.17) is 9.84 Å². The molecule has 0 aliphatic carbocycles. The minimum absolute atomic E-state index is 0.0968. The molecule has 1 rings (SSSR count). The van der Waals surface area contributed by atoms with Crippen LogP contribution in [0.25, 0.3) is 0 Å². The summed E-state index contributed by atoms with van der Waals surface area (Å²) < 4.78 is 32.9. The third kappa shape index (κ3) is 4.16. The van der Waals surface area contributed by atoms with E-state index in [0.29, 0.717) is 13.2 Å². The van der Waals surface area contributed by atoms with E-state index in [2.05, 4.69) is 5.32 Å². The average molecular weight is 287 g/mol. The van der Waals surface area contributed by atoms with Gasteiger partial charge >= 0.3 is 5.97 Å². The molecule has 0 radical (unpaired) electrons. The van der Waals surface area contributed by atoms with E-state index in [1.165, 1.54) is 0 Å². The van der Waals surface area contributed by atoms with Crippen LogP contribution in [0.5, 0.6) is 0 Å². The Balaban J connectivity index is 2.98. The molecule has 1 atom stereocenters. The largest absolute Gasteiger partial charge is 0.478 e. The SMILES string of the molecule is CCOCC(Nc1c(F)cc(C(=O)O)cc1F)C(C)C. The second-order valence-corrected chi connectivity index (χ2v) is 4.77. The van der Waals surface area contributed by atoms with E-state index in [-0.39, 0.29) is 17.6 Å². The first-order valence-corrected chi connectivity index (χ1v) is 6.43. The molecule has 2 N–H and O–H groups in total. The minimum atomic E-state index is -1.37. The van der Waals surface area contributed by atoms with Crippen LogP contribution < -0.4 is 5.32 Å². The lowest BCUT2D eigenvalue weighted by molar-refractivity contribution is 0.0695. The molecule has 0 fully saturated rings. The van der Waals surface area contributed by atoms with Crippen molar-refractivity contribution < 1.29 is 23.4 Å². The fourth-order valence-electron chi connectivity index (χ4n) is 1.67. The first-order chi connectivity index (χ1) is 9.36.